The number of rotatable bonds is 6. The Bertz CT molecular complexity index is 428. The van der Waals surface area contributed by atoms with Crippen LogP contribution < -0.4 is 10.6 Å². The minimum atomic E-state index is -4.48. The number of amides is 3. The average molecular weight is 325 g/mol. The number of piperidine rings is 1. The van der Waals surface area contributed by atoms with Crippen LogP contribution in [0, 0.1) is 0 Å². The van der Waals surface area contributed by atoms with E-state index in [4.69, 9.17) is 5.11 Å². The number of hydrogen-bond acceptors (Lipinski definition) is 3. The van der Waals surface area contributed by atoms with E-state index in [2.05, 4.69) is 10.6 Å². The molecule has 10 heteroatoms. The van der Waals surface area contributed by atoms with Crippen molar-refractivity contribution in [1.29, 1.82) is 0 Å². The molecular formula is C12H18F3N3O4. The topological polar surface area (TPSA) is 98.7 Å². The predicted octanol–water partition coefficient (Wildman–Crippen LogP) is 0.704. The number of carboxylic acids is 1. The highest BCUT2D eigenvalue weighted by atomic mass is 19.4. The van der Waals surface area contributed by atoms with Crippen LogP contribution in [0.15, 0.2) is 0 Å². The summed E-state index contributed by atoms with van der Waals surface area (Å²) in [5, 5.41) is 13.1. The maximum absolute atomic E-state index is 12.3. The lowest BCUT2D eigenvalue weighted by Crippen LogP contribution is -2.55. The molecule has 0 aromatic carbocycles. The first-order chi connectivity index (χ1) is 10.2. The van der Waals surface area contributed by atoms with E-state index in [0.717, 1.165) is 0 Å². The monoisotopic (exact) mass is 325 g/mol. The van der Waals surface area contributed by atoms with Crippen molar-refractivity contribution in [2.45, 2.75) is 37.9 Å². The van der Waals surface area contributed by atoms with Crippen LogP contribution in [0.5, 0.6) is 0 Å². The molecule has 3 N–H and O–H groups in total. The summed E-state index contributed by atoms with van der Waals surface area (Å²) in [5.41, 5.74) is 0. The number of alkyl halides is 3. The summed E-state index contributed by atoms with van der Waals surface area (Å²) >= 11 is 0. The zero-order chi connectivity index (χ0) is 16.8. The van der Waals surface area contributed by atoms with Gasteiger partial charge in [-0.1, -0.05) is 0 Å². The highest BCUT2D eigenvalue weighted by molar-refractivity contribution is 5.87. The molecule has 1 fully saturated rings. The third-order valence-corrected chi connectivity index (χ3v) is 3.06. The predicted molar refractivity (Wildman–Crippen MR) is 69.1 cm³/mol. The maximum Gasteiger partial charge on any atom is 0.406 e. The second-order valence-corrected chi connectivity index (χ2v) is 4.97. The van der Waals surface area contributed by atoms with Crippen molar-refractivity contribution in [3.05, 3.63) is 0 Å². The van der Waals surface area contributed by atoms with Crippen LogP contribution in [0.3, 0.4) is 0 Å². The number of halogens is 3. The molecule has 1 unspecified atom stereocenters. The van der Waals surface area contributed by atoms with Gasteiger partial charge in [0.2, 0.25) is 5.91 Å². The first-order valence-corrected chi connectivity index (χ1v) is 6.81. The fraction of sp³-hybridized carbons (Fsp3) is 0.750. The molecule has 0 saturated carbocycles. The molecule has 1 atom stereocenters. The van der Waals surface area contributed by atoms with E-state index in [1.54, 1.807) is 0 Å². The minimum Gasteiger partial charge on any atom is -0.481 e. The smallest absolute Gasteiger partial charge is 0.406 e. The third-order valence-electron chi connectivity index (χ3n) is 3.06. The number of likely N-dealkylation sites (tertiary alicyclic amines) is 1. The molecule has 0 bridgehead atoms. The Hall–Kier alpha value is -2.00. The van der Waals surface area contributed by atoms with Crippen LogP contribution in [0.1, 0.15) is 25.7 Å². The first-order valence-electron chi connectivity index (χ1n) is 6.81. The molecule has 126 valence electrons. The summed E-state index contributed by atoms with van der Waals surface area (Å²) in [6, 6.07) is -1.69. The Kier molecular flexibility index (Phi) is 6.44. The molecule has 1 heterocycles. The number of aliphatic carboxylic acids is 1. The quantitative estimate of drug-likeness (QED) is 0.626. The number of hydrogen-bond donors (Lipinski definition) is 3. The normalized spacial score (nSPS) is 19.0. The Balaban J connectivity index is 2.39. The molecule has 1 aliphatic heterocycles. The van der Waals surface area contributed by atoms with Gasteiger partial charge in [-0.3, -0.25) is 9.59 Å². The second-order valence-electron chi connectivity index (χ2n) is 4.97. The average Bonchev–Trinajstić information content (AvgIpc) is 2.38. The highest BCUT2D eigenvalue weighted by Crippen LogP contribution is 2.20. The fourth-order valence-corrected chi connectivity index (χ4v) is 2.10. The molecule has 1 rings (SSSR count). The van der Waals surface area contributed by atoms with Crippen LogP contribution >= 0.6 is 0 Å². The number of nitrogens with one attached hydrogen (secondary N) is 2. The zero-order valence-corrected chi connectivity index (χ0v) is 11.8. The molecule has 0 aromatic rings. The standard InChI is InChI=1S/C12H18F3N3O4/c13-12(14,15)7-18-6-2-3-8(10(18)21)17-11(22)16-5-1-4-9(19)20/h8H,1-7H2,(H,19,20)(H2,16,17,22). The molecule has 1 aliphatic rings. The molecule has 22 heavy (non-hydrogen) atoms. The number of carboxylic acid groups (broad SMARTS) is 1. The van der Waals surface area contributed by atoms with E-state index >= 15 is 0 Å². The lowest BCUT2D eigenvalue weighted by Gasteiger charge is -2.33. The van der Waals surface area contributed by atoms with Crippen LogP contribution in [0.2, 0.25) is 0 Å². The lowest BCUT2D eigenvalue weighted by molar-refractivity contribution is -0.164. The summed E-state index contributed by atoms with van der Waals surface area (Å²) in [5.74, 6) is -1.75. The van der Waals surface area contributed by atoms with Gasteiger partial charge in [0, 0.05) is 19.5 Å². The largest absolute Gasteiger partial charge is 0.481 e. The van der Waals surface area contributed by atoms with Gasteiger partial charge in [-0.15, -0.1) is 0 Å². The van der Waals surface area contributed by atoms with Crippen molar-refractivity contribution in [3.63, 3.8) is 0 Å². The highest BCUT2D eigenvalue weighted by Gasteiger charge is 2.37. The van der Waals surface area contributed by atoms with Gasteiger partial charge >= 0.3 is 18.2 Å². The van der Waals surface area contributed by atoms with Crippen molar-refractivity contribution in [2.75, 3.05) is 19.6 Å². The molecular weight excluding hydrogens is 307 g/mol. The van der Waals surface area contributed by atoms with E-state index in [0.29, 0.717) is 11.3 Å². The van der Waals surface area contributed by atoms with E-state index in [1.807, 2.05) is 0 Å². The first kappa shape index (κ1) is 18.1. The second kappa shape index (κ2) is 7.85. The summed E-state index contributed by atoms with van der Waals surface area (Å²) in [4.78, 5) is 34.4. The van der Waals surface area contributed by atoms with Crippen molar-refractivity contribution in [3.8, 4) is 0 Å². The Morgan fingerprint density at radius 1 is 1.36 bits per heavy atom. The van der Waals surface area contributed by atoms with Crippen LogP contribution in [0.4, 0.5) is 18.0 Å². The van der Waals surface area contributed by atoms with Crippen molar-refractivity contribution < 1.29 is 32.7 Å². The van der Waals surface area contributed by atoms with E-state index < -0.39 is 36.7 Å². The number of carbonyl (C=O) groups is 3. The molecule has 3 amide bonds. The number of urea groups is 1. The van der Waals surface area contributed by atoms with E-state index in [1.165, 1.54) is 0 Å². The van der Waals surface area contributed by atoms with Crippen LogP contribution in [-0.2, 0) is 9.59 Å². The van der Waals surface area contributed by atoms with Crippen LogP contribution in [0.25, 0.3) is 0 Å². The van der Waals surface area contributed by atoms with Gasteiger partial charge in [0.15, 0.2) is 0 Å². The van der Waals surface area contributed by atoms with Gasteiger partial charge in [0.25, 0.3) is 0 Å². The summed E-state index contributed by atoms with van der Waals surface area (Å²) in [6.45, 7) is -1.22. The Labute approximate surface area is 124 Å². The van der Waals surface area contributed by atoms with Gasteiger partial charge in [-0.2, -0.15) is 13.2 Å². The molecule has 0 radical (unpaired) electrons. The lowest BCUT2D eigenvalue weighted by atomic mass is 10.0. The molecule has 1 saturated heterocycles. The van der Waals surface area contributed by atoms with Gasteiger partial charge in [0.05, 0.1) is 0 Å². The van der Waals surface area contributed by atoms with Crippen LogP contribution in [-0.4, -0.2) is 59.8 Å². The van der Waals surface area contributed by atoms with Gasteiger partial charge < -0.3 is 20.6 Å². The van der Waals surface area contributed by atoms with Crippen molar-refractivity contribution in [1.82, 2.24) is 15.5 Å². The zero-order valence-electron chi connectivity index (χ0n) is 11.8. The Morgan fingerprint density at radius 3 is 2.64 bits per heavy atom. The van der Waals surface area contributed by atoms with Gasteiger partial charge in [-0.05, 0) is 19.3 Å². The molecule has 0 spiro atoms. The van der Waals surface area contributed by atoms with Crippen molar-refractivity contribution >= 4 is 17.9 Å². The van der Waals surface area contributed by atoms with E-state index in [9.17, 15) is 27.6 Å². The van der Waals surface area contributed by atoms with Gasteiger partial charge in [0.1, 0.15) is 12.6 Å². The number of nitrogens with zero attached hydrogens (tertiary/aromatic N) is 1. The molecule has 0 aliphatic carbocycles. The van der Waals surface area contributed by atoms with Gasteiger partial charge in [-0.25, -0.2) is 4.79 Å². The summed E-state index contributed by atoms with van der Waals surface area (Å²) < 4.78 is 37.0. The molecule has 7 nitrogen and oxygen atoms in total. The SMILES string of the molecule is O=C(O)CCCNC(=O)NC1CCCN(CC(F)(F)F)C1=O. The summed E-state index contributed by atoms with van der Waals surface area (Å²) in [7, 11) is 0. The minimum absolute atomic E-state index is 0.0107. The molecule has 0 aromatic heterocycles. The fourth-order valence-electron chi connectivity index (χ4n) is 2.10. The summed E-state index contributed by atoms with van der Waals surface area (Å²) in [6.07, 6.45) is -3.72. The third kappa shape index (κ3) is 6.64. The van der Waals surface area contributed by atoms with Crippen molar-refractivity contribution in [2.24, 2.45) is 0 Å². The van der Waals surface area contributed by atoms with E-state index in [-0.39, 0.29) is 32.4 Å². The maximum atomic E-state index is 12.3. The Morgan fingerprint density at radius 2 is 2.05 bits per heavy atom. The number of carbonyl (C=O) groups excluding carboxylic acids is 2.